The molecular weight excluding hydrogens is 206 g/mol. The van der Waals surface area contributed by atoms with Crippen LogP contribution in [0.1, 0.15) is 11.1 Å². The Labute approximate surface area is 94.7 Å². The Morgan fingerprint density at radius 2 is 2.20 bits per heavy atom. The van der Waals surface area contributed by atoms with Crippen molar-refractivity contribution in [1.29, 1.82) is 0 Å². The lowest BCUT2D eigenvalue weighted by Crippen LogP contribution is -2.23. The van der Waals surface area contributed by atoms with Crippen molar-refractivity contribution in [1.82, 2.24) is 5.43 Å². The highest BCUT2D eigenvalue weighted by atomic mass is 32.1. The number of nitrogens with one attached hydrogen (secondary N) is 1. The molecule has 3 nitrogen and oxygen atoms in total. The van der Waals surface area contributed by atoms with Crippen LogP contribution in [0.5, 0.6) is 0 Å². The number of hydrogen-bond acceptors (Lipinski definition) is 2. The zero-order chi connectivity index (χ0) is 11.1. The van der Waals surface area contributed by atoms with Crippen LogP contribution in [0.4, 0.5) is 0 Å². The van der Waals surface area contributed by atoms with Crippen LogP contribution in [-0.4, -0.2) is 11.3 Å². The first-order valence-electron chi connectivity index (χ1n) is 4.51. The van der Waals surface area contributed by atoms with Crippen LogP contribution in [-0.2, 0) is 0 Å². The molecule has 0 aliphatic heterocycles. The second kappa shape index (κ2) is 5.93. The summed E-state index contributed by atoms with van der Waals surface area (Å²) in [5.74, 6) is 0. The summed E-state index contributed by atoms with van der Waals surface area (Å²) in [4.78, 5) is 0. The van der Waals surface area contributed by atoms with Gasteiger partial charge in [0.05, 0.1) is 0 Å². The average Bonchev–Trinajstić information content (AvgIpc) is 2.20. The van der Waals surface area contributed by atoms with E-state index in [4.69, 9.17) is 5.73 Å². The predicted molar refractivity (Wildman–Crippen MR) is 68.6 cm³/mol. The van der Waals surface area contributed by atoms with Gasteiger partial charge in [-0.25, -0.2) is 0 Å². The van der Waals surface area contributed by atoms with Crippen molar-refractivity contribution in [3.8, 4) is 0 Å². The minimum Gasteiger partial charge on any atom is -0.375 e. The zero-order valence-corrected chi connectivity index (χ0v) is 9.29. The van der Waals surface area contributed by atoms with Crippen molar-refractivity contribution in [3.05, 3.63) is 41.5 Å². The van der Waals surface area contributed by atoms with E-state index in [1.165, 1.54) is 11.1 Å². The quantitative estimate of drug-likeness (QED) is 0.463. The van der Waals surface area contributed by atoms with Crippen molar-refractivity contribution in [2.45, 2.75) is 6.92 Å². The predicted octanol–water partition coefficient (Wildman–Crippen LogP) is 1.83. The van der Waals surface area contributed by atoms with Gasteiger partial charge >= 0.3 is 0 Å². The highest BCUT2D eigenvalue weighted by Crippen LogP contribution is 2.07. The largest absolute Gasteiger partial charge is 0.375 e. The lowest BCUT2D eigenvalue weighted by Gasteiger charge is -1.96. The monoisotopic (exact) mass is 219 g/mol. The molecule has 0 saturated heterocycles. The molecule has 78 valence electrons. The van der Waals surface area contributed by atoms with Crippen LogP contribution in [0.2, 0.25) is 0 Å². The molecule has 0 fully saturated rings. The maximum absolute atomic E-state index is 5.19. The number of nitrogens with two attached hydrogens (primary N) is 1. The number of hydrazone groups is 1. The van der Waals surface area contributed by atoms with Gasteiger partial charge in [-0.15, -0.1) is 0 Å². The molecule has 15 heavy (non-hydrogen) atoms. The van der Waals surface area contributed by atoms with Gasteiger partial charge in [0.25, 0.3) is 0 Å². The van der Waals surface area contributed by atoms with Crippen molar-refractivity contribution in [3.63, 3.8) is 0 Å². The van der Waals surface area contributed by atoms with Gasteiger partial charge < -0.3 is 5.73 Å². The number of benzene rings is 1. The molecule has 0 saturated carbocycles. The Morgan fingerprint density at radius 1 is 1.47 bits per heavy atom. The van der Waals surface area contributed by atoms with E-state index in [0.717, 1.165) is 0 Å². The Kier molecular flexibility index (Phi) is 4.50. The van der Waals surface area contributed by atoms with E-state index in [1.807, 2.05) is 30.4 Å². The minimum absolute atomic E-state index is 0.163. The van der Waals surface area contributed by atoms with Gasteiger partial charge in [-0.3, -0.25) is 5.43 Å². The van der Waals surface area contributed by atoms with Gasteiger partial charge in [-0.1, -0.05) is 30.3 Å². The molecular formula is C11H13N3S. The molecule has 0 bridgehead atoms. The number of rotatable bonds is 3. The number of thiocarbonyl (C=S) groups is 1. The van der Waals surface area contributed by atoms with Gasteiger partial charge in [0.2, 0.25) is 0 Å². The Balaban J connectivity index is 2.55. The van der Waals surface area contributed by atoms with Crippen LogP contribution < -0.4 is 11.2 Å². The van der Waals surface area contributed by atoms with Crippen LogP contribution in [0.3, 0.4) is 0 Å². The second-order valence-corrected chi connectivity index (χ2v) is 3.41. The number of hydrogen-bond donors (Lipinski definition) is 2. The molecule has 0 aromatic heterocycles. The van der Waals surface area contributed by atoms with Crippen molar-refractivity contribution < 1.29 is 0 Å². The third kappa shape index (κ3) is 4.37. The van der Waals surface area contributed by atoms with Crippen LogP contribution in [0, 0.1) is 6.92 Å². The van der Waals surface area contributed by atoms with Crippen LogP contribution >= 0.6 is 12.2 Å². The fourth-order valence-electron chi connectivity index (χ4n) is 1.06. The molecule has 0 aliphatic carbocycles. The summed E-state index contributed by atoms with van der Waals surface area (Å²) in [6.07, 6.45) is 5.40. The maximum atomic E-state index is 5.19. The number of allylic oxidation sites excluding steroid dienone is 1. The summed E-state index contributed by atoms with van der Waals surface area (Å²) >= 11 is 4.59. The summed E-state index contributed by atoms with van der Waals surface area (Å²) in [6.45, 7) is 2.06. The standard InChI is InChI=1S/C11H13N3S/c1-9-5-2-3-6-10(9)7-4-8-13-14-11(12)15/h2-8H,1H3,(H3,12,14,15). The summed E-state index contributed by atoms with van der Waals surface area (Å²) in [5.41, 5.74) is 10.1. The smallest absolute Gasteiger partial charge is 0.184 e. The van der Waals surface area contributed by atoms with Gasteiger partial charge in [0, 0.05) is 6.21 Å². The molecule has 1 aromatic carbocycles. The molecule has 4 heteroatoms. The zero-order valence-electron chi connectivity index (χ0n) is 8.47. The Hall–Kier alpha value is -1.68. The van der Waals surface area contributed by atoms with E-state index in [-0.39, 0.29) is 5.11 Å². The summed E-state index contributed by atoms with van der Waals surface area (Å²) in [5, 5.41) is 3.95. The van der Waals surface area contributed by atoms with E-state index in [9.17, 15) is 0 Å². The molecule has 0 amide bonds. The highest BCUT2D eigenvalue weighted by molar-refractivity contribution is 7.80. The first-order valence-corrected chi connectivity index (χ1v) is 4.92. The average molecular weight is 219 g/mol. The van der Waals surface area contributed by atoms with Crippen molar-refractivity contribution in [2.24, 2.45) is 10.8 Å². The lowest BCUT2D eigenvalue weighted by molar-refractivity contribution is 1.04. The molecule has 1 aromatic rings. The third-order valence-corrected chi connectivity index (χ3v) is 1.89. The van der Waals surface area contributed by atoms with E-state index < -0.39 is 0 Å². The lowest BCUT2D eigenvalue weighted by atomic mass is 10.1. The SMILES string of the molecule is Cc1ccccc1C=CC=NNC(N)=S. The molecule has 0 spiro atoms. The van der Waals surface area contributed by atoms with E-state index >= 15 is 0 Å². The summed E-state index contributed by atoms with van der Waals surface area (Å²) in [7, 11) is 0. The fourth-order valence-corrected chi connectivity index (χ4v) is 1.12. The molecule has 3 N–H and O–H groups in total. The Bertz CT molecular complexity index is 397. The van der Waals surface area contributed by atoms with Crippen LogP contribution in [0.15, 0.2) is 35.4 Å². The number of aryl methyl sites for hydroxylation is 1. The summed E-state index contributed by atoms with van der Waals surface area (Å²) in [6, 6.07) is 8.11. The molecule has 1 rings (SSSR count). The molecule has 0 atom stereocenters. The van der Waals surface area contributed by atoms with E-state index in [0.29, 0.717) is 0 Å². The maximum Gasteiger partial charge on any atom is 0.184 e. The third-order valence-electron chi connectivity index (χ3n) is 1.80. The topological polar surface area (TPSA) is 50.4 Å². The van der Waals surface area contributed by atoms with E-state index in [2.05, 4.69) is 35.7 Å². The van der Waals surface area contributed by atoms with Crippen LogP contribution in [0.25, 0.3) is 6.08 Å². The van der Waals surface area contributed by atoms with Crippen molar-refractivity contribution >= 4 is 29.6 Å². The van der Waals surface area contributed by atoms with Gasteiger partial charge in [0.1, 0.15) is 0 Å². The molecule has 0 radical (unpaired) electrons. The van der Waals surface area contributed by atoms with Gasteiger partial charge in [0.15, 0.2) is 5.11 Å². The van der Waals surface area contributed by atoms with Gasteiger partial charge in [-0.2, -0.15) is 5.10 Å². The molecule has 0 aliphatic rings. The first-order chi connectivity index (χ1) is 7.20. The minimum atomic E-state index is 0.163. The first kappa shape index (κ1) is 11.4. The van der Waals surface area contributed by atoms with Crippen molar-refractivity contribution in [2.75, 3.05) is 0 Å². The second-order valence-electron chi connectivity index (χ2n) is 2.97. The number of nitrogens with zero attached hydrogens (tertiary/aromatic N) is 1. The van der Waals surface area contributed by atoms with E-state index in [1.54, 1.807) is 6.21 Å². The molecule has 0 heterocycles. The highest BCUT2D eigenvalue weighted by Gasteiger charge is 1.88. The normalized spacial score (nSPS) is 11.0. The molecule has 0 unspecified atom stereocenters. The summed E-state index contributed by atoms with van der Waals surface area (Å²) < 4.78 is 0. The fraction of sp³-hybridized carbons (Fsp3) is 0.0909. The Morgan fingerprint density at radius 3 is 2.87 bits per heavy atom. The van der Waals surface area contributed by atoms with Gasteiger partial charge in [-0.05, 0) is 36.3 Å².